The molecule has 2 heterocycles. The maximum Gasteiger partial charge on any atom is 0.240 e. The smallest absolute Gasteiger partial charge is 0.240 e. The SMILES string of the molecule is Fc1ccc(OCc2noc(CN(Cc3ccccc3)Cc3ccco3)n2)cc1. The number of nitrogens with zero attached hydrogens (tertiary/aromatic N) is 3. The molecule has 148 valence electrons. The van der Waals surface area contributed by atoms with Gasteiger partial charge in [0.05, 0.1) is 19.4 Å². The number of furan rings is 1. The van der Waals surface area contributed by atoms with Crippen molar-refractivity contribution in [3.63, 3.8) is 0 Å². The third-order valence-electron chi connectivity index (χ3n) is 4.26. The number of hydrogen-bond donors (Lipinski definition) is 0. The Morgan fingerprint density at radius 3 is 2.48 bits per heavy atom. The predicted octanol–water partition coefficient (Wildman–Crippen LogP) is 4.58. The zero-order chi connectivity index (χ0) is 19.9. The van der Waals surface area contributed by atoms with Crippen LogP contribution < -0.4 is 4.74 Å². The highest BCUT2D eigenvalue weighted by molar-refractivity contribution is 5.22. The molecule has 4 rings (SSSR count). The van der Waals surface area contributed by atoms with Crippen LogP contribution in [0.1, 0.15) is 23.0 Å². The molecule has 0 saturated carbocycles. The first-order chi connectivity index (χ1) is 14.2. The van der Waals surface area contributed by atoms with E-state index in [1.807, 2.05) is 30.3 Å². The summed E-state index contributed by atoms with van der Waals surface area (Å²) in [7, 11) is 0. The standard InChI is InChI=1S/C22H20FN3O3/c23-18-8-10-19(11-9-18)28-16-21-24-22(29-25-21)15-26(14-20-7-4-12-27-20)13-17-5-2-1-3-6-17/h1-12H,13-16H2. The first kappa shape index (κ1) is 18.9. The highest BCUT2D eigenvalue weighted by atomic mass is 19.1. The van der Waals surface area contributed by atoms with Crippen molar-refractivity contribution < 1.29 is 18.1 Å². The molecule has 0 aliphatic heterocycles. The molecule has 0 atom stereocenters. The number of aromatic nitrogens is 2. The lowest BCUT2D eigenvalue weighted by atomic mass is 10.2. The Balaban J connectivity index is 1.39. The molecule has 0 aliphatic carbocycles. The highest BCUT2D eigenvalue weighted by Gasteiger charge is 2.15. The van der Waals surface area contributed by atoms with E-state index in [-0.39, 0.29) is 12.4 Å². The van der Waals surface area contributed by atoms with Crippen LogP contribution in [0.4, 0.5) is 4.39 Å². The molecule has 2 aromatic carbocycles. The lowest BCUT2D eigenvalue weighted by Gasteiger charge is -2.19. The van der Waals surface area contributed by atoms with Gasteiger partial charge < -0.3 is 13.7 Å². The summed E-state index contributed by atoms with van der Waals surface area (Å²) < 4.78 is 29.4. The van der Waals surface area contributed by atoms with Crippen LogP contribution in [0.5, 0.6) is 5.75 Å². The average molecular weight is 393 g/mol. The minimum Gasteiger partial charge on any atom is -0.485 e. The maximum absolute atomic E-state index is 13.0. The van der Waals surface area contributed by atoms with E-state index in [0.717, 1.165) is 5.76 Å². The van der Waals surface area contributed by atoms with E-state index in [1.54, 1.807) is 18.4 Å². The zero-order valence-electron chi connectivity index (χ0n) is 15.7. The molecule has 0 aliphatic rings. The number of ether oxygens (including phenoxy) is 1. The average Bonchev–Trinajstić information content (AvgIpc) is 3.40. The molecule has 0 radical (unpaired) electrons. The van der Waals surface area contributed by atoms with Gasteiger partial charge in [-0.25, -0.2) is 4.39 Å². The van der Waals surface area contributed by atoms with Crippen LogP contribution in [0.2, 0.25) is 0 Å². The fraction of sp³-hybridized carbons (Fsp3) is 0.182. The quantitative estimate of drug-likeness (QED) is 0.415. The van der Waals surface area contributed by atoms with Crippen LogP contribution in [-0.4, -0.2) is 15.0 Å². The molecule has 29 heavy (non-hydrogen) atoms. The molecular formula is C22H20FN3O3. The second-order valence-electron chi connectivity index (χ2n) is 6.56. The van der Waals surface area contributed by atoms with Crippen molar-refractivity contribution in [3.05, 3.63) is 102 Å². The van der Waals surface area contributed by atoms with E-state index in [2.05, 4.69) is 27.2 Å². The van der Waals surface area contributed by atoms with Gasteiger partial charge in [-0.2, -0.15) is 4.98 Å². The summed E-state index contributed by atoms with van der Waals surface area (Å²) in [4.78, 5) is 6.56. The Kier molecular flexibility index (Phi) is 5.97. The fourth-order valence-electron chi connectivity index (χ4n) is 2.92. The molecular weight excluding hydrogens is 373 g/mol. The highest BCUT2D eigenvalue weighted by Crippen LogP contribution is 2.15. The third-order valence-corrected chi connectivity index (χ3v) is 4.26. The Morgan fingerprint density at radius 2 is 1.72 bits per heavy atom. The predicted molar refractivity (Wildman–Crippen MR) is 103 cm³/mol. The largest absolute Gasteiger partial charge is 0.485 e. The van der Waals surface area contributed by atoms with Crippen LogP contribution in [0.3, 0.4) is 0 Å². The van der Waals surface area contributed by atoms with Gasteiger partial charge in [-0.3, -0.25) is 4.90 Å². The minimum atomic E-state index is -0.311. The second-order valence-corrected chi connectivity index (χ2v) is 6.56. The van der Waals surface area contributed by atoms with E-state index in [9.17, 15) is 4.39 Å². The normalized spacial score (nSPS) is 11.1. The molecule has 0 fully saturated rings. The maximum atomic E-state index is 13.0. The van der Waals surface area contributed by atoms with Crippen LogP contribution >= 0.6 is 0 Å². The molecule has 6 nitrogen and oxygen atoms in total. The van der Waals surface area contributed by atoms with Gasteiger partial charge in [0.1, 0.15) is 17.3 Å². The van der Waals surface area contributed by atoms with Gasteiger partial charge in [-0.05, 0) is 42.0 Å². The summed E-state index contributed by atoms with van der Waals surface area (Å²) in [5.41, 5.74) is 1.18. The molecule has 0 N–H and O–H groups in total. The van der Waals surface area contributed by atoms with Crippen LogP contribution in [0, 0.1) is 5.82 Å². The number of rotatable bonds is 9. The van der Waals surface area contributed by atoms with Gasteiger partial charge in [0.15, 0.2) is 6.61 Å². The first-order valence-corrected chi connectivity index (χ1v) is 9.23. The zero-order valence-corrected chi connectivity index (χ0v) is 15.7. The molecule has 0 amide bonds. The van der Waals surface area contributed by atoms with Crippen LogP contribution in [-0.2, 0) is 26.2 Å². The van der Waals surface area contributed by atoms with Gasteiger partial charge >= 0.3 is 0 Å². The van der Waals surface area contributed by atoms with Crippen molar-refractivity contribution in [1.29, 1.82) is 0 Å². The molecule has 0 bridgehead atoms. The molecule has 7 heteroatoms. The van der Waals surface area contributed by atoms with Crippen LogP contribution in [0.25, 0.3) is 0 Å². The van der Waals surface area contributed by atoms with Gasteiger partial charge in [0.2, 0.25) is 11.7 Å². The van der Waals surface area contributed by atoms with E-state index >= 15 is 0 Å². The molecule has 0 saturated heterocycles. The van der Waals surface area contributed by atoms with Crippen molar-refractivity contribution in [2.24, 2.45) is 0 Å². The second kappa shape index (κ2) is 9.16. The number of halogens is 1. The Bertz CT molecular complexity index is 1000. The molecule has 0 spiro atoms. The summed E-state index contributed by atoms with van der Waals surface area (Å²) in [6.45, 7) is 1.95. The van der Waals surface area contributed by atoms with Gasteiger partial charge in [-0.1, -0.05) is 35.5 Å². The summed E-state index contributed by atoms with van der Waals surface area (Å²) in [6, 6.07) is 19.8. The summed E-state index contributed by atoms with van der Waals surface area (Å²) in [5.74, 6) is 2.02. The van der Waals surface area contributed by atoms with Crippen LogP contribution in [0.15, 0.2) is 81.9 Å². The lowest BCUT2D eigenvalue weighted by molar-refractivity contribution is 0.196. The van der Waals surface area contributed by atoms with Gasteiger partial charge in [0, 0.05) is 6.54 Å². The van der Waals surface area contributed by atoms with E-state index < -0.39 is 0 Å². The first-order valence-electron chi connectivity index (χ1n) is 9.23. The Labute approximate surface area is 167 Å². The number of hydrogen-bond acceptors (Lipinski definition) is 6. The fourth-order valence-corrected chi connectivity index (χ4v) is 2.92. The van der Waals surface area contributed by atoms with Gasteiger partial charge in [0.25, 0.3) is 0 Å². The van der Waals surface area contributed by atoms with Crippen molar-refractivity contribution in [1.82, 2.24) is 15.0 Å². The molecule has 2 aromatic heterocycles. The Morgan fingerprint density at radius 1 is 0.897 bits per heavy atom. The lowest BCUT2D eigenvalue weighted by Crippen LogP contribution is -2.22. The van der Waals surface area contributed by atoms with Crippen molar-refractivity contribution >= 4 is 0 Å². The van der Waals surface area contributed by atoms with Crippen molar-refractivity contribution in [2.75, 3.05) is 0 Å². The third kappa shape index (κ3) is 5.52. The van der Waals surface area contributed by atoms with Crippen molar-refractivity contribution in [3.8, 4) is 5.75 Å². The number of benzene rings is 2. The minimum absolute atomic E-state index is 0.145. The monoisotopic (exact) mass is 393 g/mol. The van der Waals surface area contributed by atoms with E-state index in [0.29, 0.717) is 37.1 Å². The van der Waals surface area contributed by atoms with Crippen molar-refractivity contribution in [2.45, 2.75) is 26.2 Å². The molecule has 0 unspecified atom stereocenters. The van der Waals surface area contributed by atoms with E-state index in [1.165, 1.54) is 17.7 Å². The summed E-state index contributed by atoms with van der Waals surface area (Å²) in [5, 5.41) is 3.97. The Hall–Kier alpha value is -3.45. The van der Waals surface area contributed by atoms with Gasteiger partial charge in [-0.15, -0.1) is 0 Å². The summed E-state index contributed by atoms with van der Waals surface area (Å²) in [6.07, 6.45) is 1.66. The van der Waals surface area contributed by atoms with E-state index in [4.69, 9.17) is 13.7 Å². The topological polar surface area (TPSA) is 64.5 Å². The summed E-state index contributed by atoms with van der Waals surface area (Å²) >= 11 is 0. The molecule has 4 aromatic rings.